The van der Waals surface area contributed by atoms with E-state index in [2.05, 4.69) is 12.7 Å². The molecule has 3 N–H and O–H groups in total. The third-order valence-electron chi connectivity index (χ3n) is 4.66. The number of Topliss-reactive ketones (excluding diaryl/α,β-unsaturated/α-hetero) is 1. The smallest absolute Gasteiger partial charge is 0.140 e. The Hall–Kier alpha value is -0.410. The van der Waals surface area contributed by atoms with E-state index in [1.165, 1.54) is 77.7 Å². The molecule has 3 nitrogen and oxygen atoms in total. The Balaban J connectivity index is 0. The first kappa shape index (κ1) is 25.8. The maximum absolute atomic E-state index is 11.8. The zero-order chi connectivity index (χ0) is 18.7. The highest BCUT2D eigenvalue weighted by Crippen LogP contribution is 2.19. The molecule has 0 spiro atoms. The van der Waals surface area contributed by atoms with E-state index in [0.717, 1.165) is 12.8 Å². The van der Waals surface area contributed by atoms with Crippen LogP contribution in [0.1, 0.15) is 111 Å². The molecule has 0 heterocycles. The summed E-state index contributed by atoms with van der Waals surface area (Å²) in [5, 5.41) is 9.15. The molecule has 0 aromatic carbocycles. The molecule has 0 aromatic heterocycles. The van der Waals surface area contributed by atoms with Gasteiger partial charge in [-0.1, -0.05) is 97.8 Å². The number of nitrogens with two attached hydrogens (primary N) is 1. The summed E-state index contributed by atoms with van der Waals surface area (Å²) in [5.41, 5.74) is 3.96. The van der Waals surface area contributed by atoms with Crippen molar-refractivity contribution < 1.29 is 9.90 Å². The largest absolute Gasteiger partial charge is 0.395 e. The molecule has 0 radical (unpaired) electrons. The lowest BCUT2D eigenvalue weighted by molar-refractivity contribution is -0.129. The van der Waals surface area contributed by atoms with E-state index in [4.69, 9.17) is 5.11 Å². The van der Waals surface area contributed by atoms with Crippen molar-refractivity contribution in [1.29, 1.82) is 0 Å². The first-order valence-electron chi connectivity index (χ1n) is 10.3. The molecule has 3 heteroatoms. The van der Waals surface area contributed by atoms with Gasteiger partial charge in [-0.25, -0.2) is 0 Å². The van der Waals surface area contributed by atoms with Gasteiger partial charge in [-0.2, -0.15) is 0 Å². The van der Waals surface area contributed by atoms with Crippen LogP contribution in [-0.2, 0) is 4.79 Å². The van der Waals surface area contributed by atoms with Gasteiger partial charge in [0.2, 0.25) is 0 Å². The van der Waals surface area contributed by atoms with Crippen LogP contribution in [0.4, 0.5) is 0 Å². The number of carbonyl (C=O) groups is 1. The predicted molar refractivity (Wildman–Crippen MR) is 106 cm³/mol. The number of hydrogen-bond donors (Lipinski definition) is 2. The van der Waals surface area contributed by atoms with Gasteiger partial charge in [0.05, 0.1) is 6.61 Å². The van der Waals surface area contributed by atoms with Crippen molar-refractivity contribution in [3.05, 3.63) is 0 Å². The highest BCUT2D eigenvalue weighted by atomic mass is 16.3. The Morgan fingerprint density at radius 3 is 1.42 bits per heavy atom. The number of aliphatic hydroxyl groups is 1. The van der Waals surface area contributed by atoms with E-state index in [-0.39, 0.29) is 12.4 Å². The van der Waals surface area contributed by atoms with Crippen LogP contribution in [0.15, 0.2) is 0 Å². The van der Waals surface area contributed by atoms with Crippen LogP contribution in [0.3, 0.4) is 0 Å². The van der Waals surface area contributed by atoms with Crippen LogP contribution in [0.5, 0.6) is 0 Å². The molecule has 0 atom stereocenters. The van der Waals surface area contributed by atoms with Gasteiger partial charge in [0.25, 0.3) is 0 Å². The molecule has 146 valence electrons. The van der Waals surface area contributed by atoms with Gasteiger partial charge in [0, 0.05) is 11.8 Å². The second-order valence-corrected chi connectivity index (χ2v) is 7.46. The Bertz CT molecular complexity index is 265. The lowest BCUT2D eigenvalue weighted by Crippen LogP contribution is -2.27. The zero-order valence-electron chi connectivity index (χ0n) is 17.0. The molecule has 0 saturated carbocycles. The summed E-state index contributed by atoms with van der Waals surface area (Å²) in [6.07, 6.45) is 17.9. The molecule has 0 fully saturated rings. The first-order valence-corrected chi connectivity index (χ1v) is 10.3. The summed E-state index contributed by atoms with van der Waals surface area (Å²) in [6, 6.07) is 0. The van der Waals surface area contributed by atoms with Crippen molar-refractivity contribution in [2.75, 3.05) is 13.7 Å². The van der Waals surface area contributed by atoms with Crippen LogP contribution in [0.2, 0.25) is 0 Å². The van der Waals surface area contributed by atoms with Crippen LogP contribution in [0, 0.1) is 5.41 Å². The number of rotatable bonds is 16. The van der Waals surface area contributed by atoms with E-state index >= 15 is 0 Å². The number of carbonyl (C=O) groups excluding carboxylic acids is 1. The fourth-order valence-electron chi connectivity index (χ4n) is 2.73. The molecular weight excluding hydrogens is 298 g/mol. The molecular formula is C21H45NO2. The van der Waals surface area contributed by atoms with E-state index in [9.17, 15) is 4.79 Å². The summed E-state index contributed by atoms with van der Waals surface area (Å²) in [6.45, 7) is 5.89. The van der Waals surface area contributed by atoms with Crippen LogP contribution in [0.25, 0.3) is 0 Å². The van der Waals surface area contributed by atoms with Crippen molar-refractivity contribution in [2.24, 2.45) is 11.1 Å². The first-order chi connectivity index (χ1) is 11.5. The fourth-order valence-corrected chi connectivity index (χ4v) is 2.73. The topological polar surface area (TPSA) is 63.3 Å². The number of aliphatic hydroxyl groups excluding tert-OH is 1. The number of hydrogen-bond acceptors (Lipinski definition) is 3. The summed E-state index contributed by atoms with van der Waals surface area (Å²) in [5.74, 6) is 0.207. The lowest BCUT2D eigenvalue weighted by Gasteiger charge is -2.19. The average molecular weight is 344 g/mol. The van der Waals surface area contributed by atoms with Crippen LogP contribution < -0.4 is 5.73 Å². The van der Waals surface area contributed by atoms with Gasteiger partial charge in [-0.05, 0) is 13.5 Å². The minimum absolute atomic E-state index is 0.0374. The normalized spacial score (nSPS) is 11.1. The summed E-state index contributed by atoms with van der Waals surface area (Å²) >= 11 is 0. The van der Waals surface area contributed by atoms with E-state index in [1.54, 1.807) is 0 Å². The third kappa shape index (κ3) is 16.4. The standard InChI is InChI=1S/C20H40O2.CH5N/c1-4-5-6-7-8-9-10-11-12-13-14-15-16-17-19(22)20(2,3)18-21;1-2/h21H,4-18H2,1-3H3;2H2,1H3. The second kappa shape index (κ2) is 18.9. The molecule has 0 bridgehead atoms. The minimum atomic E-state index is -0.545. The fraction of sp³-hybridized carbons (Fsp3) is 0.952. The van der Waals surface area contributed by atoms with Crippen molar-refractivity contribution in [1.82, 2.24) is 0 Å². The third-order valence-corrected chi connectivity index (χ3v) is 4.66. The van der Waals surface area contributed by atoms with Gasteiger partial charge in [0.15, 0.2) is 0 Å². The Morgan fingerprint density at radius 2 is 1.08 bits per heavy atom. The number of unbranched alkanes of at least 4 members (excludes halogenated alkanes) is 12. The molecule has 0 aromatic rings. The second-order valence-electron chi connectivity index (χ2n) is 7.46. The van der Waals surface area contributed by atoms with E-state index in [1.807, 2.05) is 13.8 Å². The molecule has 0 unspecified atom stereocenters. The highest BCUT2D eigenvalue weighted by molar-refractivity contribution is 5.84. The summed E-state index contributed by atoms with van der Waals surface area (Å²) in [4.78, 5) is 11.8. The van der Waals surface area contributed by atoms with Crippen molar-refractivity contribution in [3.63, 3.8) is 0 Å². The minimum Gasteiger partial charge on any atom is -0.395 e. The summed E-state index contributed by atoms with van der Waals surface area (Å²) < 4.78 is 0. The predicted octanol–water partition coefficient (Wildman–Crippen LogP) is 5.63. The molecule has 0 aliphatic carbocycles. The van der Waals surface area contributed by atoms with Gasteiger partial charge < -0.3 is 10.8 Å². The number of ketones is 1. The molecule has 0 saturated heterocycles. The highest BCUT2D eigenvalue weighted by Gasteiger charge is 2.25. The molecule has 0 amide bonds. The van der Waals surface area contributed by atoms with E-state index < -0.39 is 5.41 Å². The van der Waals surface area contributed by atoms with Crippen molar-refractivity contribution in [2.45, 2.75) is 111 Å². The maximum Gasteiger partial charge on any atom is 0.140 e. The zero-order valence-corrected chi connectivity index (χ0v) is 17.0. The van der Waals surface area contributed by atoms with E-state index in [0.29, 0.717) is 6.42 Å². The lowest BCUT2D eigenvalue weighted by atomic mass is 9.86. The Kier molecular flexibility index (Phi) is 20.4. The van der Waals surface area contributed by atoms with Crippen LogP contribution in [-0.4, -0.2) is 24.5 Å². The van der Waals surface area contributed by atoms with Gasteiger partial charge in [-0.3, -0.25) is 4.79 Å². The monoisotopic (exact) mass is 343 g/mol. The van der Waals surface area contributed by atoms with Gasteiger partial charge >= 0.3 is 0 Å². The maximum atomic E-state index is 11.8. The molecule has 0 aliphatic heterocycles. The molecule has 24 heavy (non-hydrogen) atoms. The Labute approximate surface area is 151 Å². The SMILES string of the molecule is CCCCCCCCCCCCCCCC(=O)C(C)(C)CO.CN. The van der Waals surface area contributed by atoms with Gasteiger partial charge in [0.1, 0.15) is 5.78 Å². The van der Waals surface area contributed by atoms with Crippen molar-refractivity contribution >= 4 is 5.78 Å². The molecule has 0 rings (SSSR count). The average Bonchev–Trinajstić information content (AvgIpc) is 2.60. The van der Waals surface area contributed by atoms with Crippen LogP contribution >= 0.6 is 0 Å². The quantitative estimate of drug-likeness (QED) is 0.357. The van der Waals surface area contributed by atoms with Crippen molar-refractivity contribution in [3.8, 4) is 0 Å². The molecule has 0 aliphatic rings. The van der Waals surface area contributed by atoms with Gasteiger partial charge in [-0.15, -0.1) is 0 Å². The summed E-state index contributed by atoms with van der Waals surface area (Å²) in [7, 11) is 1.50. The Morgan fingerprint density at radius 1 is 0.750 bits per heavy atom.